The van der Waals surface area contributed by atoms with Gasteiger partial charge in [0, 0.05) is 45.8 Å². The minimum Gasteiger partial charge on any atom is -0.364 e. The molecule has 1 saturated heterocycles. The van der Waals surface area contributed by atoms with Crippen LogP contribution in [-0.4, -0.2) is 62.0 Å². The second-order valence-electron chi connectivity index (χ2n) is 6.62. The molecule has 3 rings (SSSR count). The Morgan fingerprint density at radius 2 is 2.00 bits per heavy atom. The number of aliphatic imine (C=N–C) groups is 1. The summed E-state index contributed by atoms with van der Waals surface area (Å²) in [6.07, 6.45) is 1.36. The van der Waals surface area contributed by atoms with Crippen LogP contribution in [0.4, 0.5) is 4.39 Å². The molecule has 0 bridgehead atoms. The molecule has 2 aromatic rings. The third-order valence-corrected chi connectivity index (χ3v) is 6.46. The molecule has 0 amide bonds. The summed E-state index contributed by atoms with van der Waals surface area (Å²) in [6, 6.07) is 6.66. The molecule has 0 saturated carbocycles. The smallest absolute Gasteiger partial charge is 0.220 e. The molecule has 0 unspecified atom stereocenters. The molecule has 0 atom stereocenters. The van der Waals surface area contributed by atoms with Crippen molar-refractivity contribution in [3.8, 4) is 0 Å². The van der Waals surface area contributed by atoms with Crippen molar-refractivity contribution in [3.05, 3.63) is 53.2 Å². The second-order valence-corrected chi connectivity index (χ2v) is 8.59. The van der Waals surface area contributed by atoms with Crippen molar-refractivity contribution in [2.45, 2.75) is 19.2 Å². The van der Waals surface area contributed by atoms with E-state index >= 15 is 0 Å². The van der Waals surface area contributed by atoms with Gasteiger partial charge in [0.25, 0.3) is 0 Å². The number of guanidine groups is 1. The van der Waals surface area contributed by atoms with E-state index in [2.05, 4.69) is 15.5 Å². The Hall–Kier alpha value is -1.73. The summed E-state index contributed by atoms with van der Waals surface area (Å²) >= 11 is 0. The Morgan fingerprint density at radius 1 is 1.28 bits per heavy atom. The predicted octanol–water partition coefficient (Wildman–Crippen LogP) is 1.96. The van der Waals surface area contributed by atoms with Gasteiger partial charge in [-0.3, -0.25) is 4.99 Å². The van der Waals surface area contributed by atoms with Gasteiger partial charge in [0.2, 0.25) is 10.0 Å². The number of piperazine rings is 1. The van der Waals surface area contributed by atoms with Crippen molar-refractivity contribution in [2.24, 2.45) is 4.99 Å². The van der Waals surface area contributed by atoms with E-state index in [1.807, 2.05) is 11.0 Å². The summed E-state index contributed by atoms with van der Waals surface area (Å²) in [7, 11) is -1.77. The first kappa shape index (κ1) is 23.5. The van der Waals surface area contributed by atoms with Crippen molar-refractivity contribution in [1.82, 2.24) is 19.7 Å². The van der Waals surface area contributed by atoms with E-state index in [0.717, 1.165) is 5.56 Å². The van der Waals surface area contributed by atoms with Crippen molar-refractivity contribution in [3.63, 3.8) is 0 Å². The number of aromatic nitrogens is 1. The van der Waals surface area contributed by atoms with Crippen LogP contribution in [0.5, 0.6) is 0 Å². The zero-order valence-electron chi connectivity index (χ0n) is 16.3. The van der Waals surface area contributed by atoms with E-state index in [1.165, 1.54) is 16.6 Å². The fraction of sp³-hybridized carbons (Fsp3) is 0.444. The quantitative estimate of drug-likeness (QED) is 0.357. The lowest BCUT2D eigenvalue weighted by atomic mass is 10.1. The highest BCUT2D eigenvalue weighted by atomic mass is 127. The SMILES string of the molecule is CN=C(NCc1ccc(C)c(F)c1)N1CCN(S(=O)(=O)Cc2ccon2)CC1.I. The Kier molecular flexibility index (Phi) is 8.40. The van der Waals surface area contributed by atoms with Gasteiger partial charge in [0.15, 0.2) is 5.96 Å². The van der Waals surface area contributed by atoms with Crippen LogP contribution in [0.25, 0.3) is 0 Å². The molecule has 1 aliphatic rings. The van der Waals surface area contributed by atoms with E-state index in [9.17, 15) is 12.8 Å². The van der Waals surface area contributed by atoms with Crippen LogP contribution in [0.3, 0.4) is 0 Å². The molecule has 1 aliphatic heterocycles. The van der Waals surface area contributed by atoms with Crippen LogP contribution >= 0.6 is 24.0 Å². The van der Waals surface area contributed by atoms with E-state index in [1.54, 1.807) is 26.1 Å². The molecule has 1 aromatic carbocycles. The van der Waals surface area contributed by atoms with Crippen LogP contribution in [0, 0.1) is 12.7 Å². The summed E-state index contributed by atoms with van der Waals surface area (Å²) < 4.78 is 44.9. The van der Waals surface area contributed by atoms with Crippen LogP contribution in [0.1, 0.15) is 16.8 Å². The third-order valence-electron chi connectivity index (χ3n) is 4.65. The van der Waals surface area contributed by atoms with Crippen LogP contribution < -0.4 is 5.32 Å². The molecule has 0 spiro atoms. The molecule has 8 nitrogen and oxygen atoms in total. The molecule has 160 valence electrons. The first-order valence-corrected chi connectivity index (χ1v) is 10.6. The molecule has 29 heavy (non-hydrogen) atoms. The number of halogens is 2. The first-order valence-electron chi connectivity index (χ1n) is 8.97. The Balaban J connectivity index is 0.00000300. The molecule has 0 radical (unpaired) electrons. The van der Waals surface area contributed by atoms with E-state index in [-0.39, 0.29) is 35.5 Å². The Labute approximate surface area is 187 Å². The van der Waals surface area contributed by atoms with Gasteiger partial charge in [-0.1, -0.05) is 17.3 Å². The fourth-order valence-corrected chi connectivity index (χ4v) is 4.45. The molecule has 1 aromatic heterocycles. The van der Waals surface area contributed by atoms with Gasteiger partial charge >= 0.3 is 0 Å². The van der Waals surface area contributed by atoms with E-state index in [4.69, 9.17) is 4.52 Å². The zero-order chi connectivity index (χ0) is 20.1. The monoisotopic (exact) mass is 537 g/mol. The number of aryl methyl sites for hydroxylation is 1. The number of benzene rings is 1. The average Bonchev–Trinajstić information content (AvgIpc) is 3.18. The van der Waals surface area contributed by atoms with Gasteiger partial charge in [-0.05, 0) is 24.1 Å². The van der Waals surface area contributed by atoms with E-state index < -0.39 is 10.0 Å². The average molecular weight is 537 g/mol. The maximum Gasteiger partial charge on any atom is 0.220 e. The van der Waals surface area contributed by atoms with Gasteiger partial charge in [-0.15, -0.1) is 24.0 Å². The molecule has 0 aliphatic carbocycles. The standard InChI is InChI=1S/C18H24FN5O3S.HI/c1-14-3-4-15(11-17(14)19)12-21-18(20-2)23-6-8-24(9-7-23)28(25,26)13-16-5-10-27-22-16;/h3-5,10-11H,6-9,12-13H2,1-2H3,(H,20,21);1H. The van der Waals surface area contributed by atoms with Crippen LogP contribution in [0.2, 0.25) is 0 Å². The number of nitrogens with one attached hydrogen (secondary N) is 1. The normalized spacial score (nSPS) is 15.8. The number of hydrogen-bond acceptors (Lipinski definition) is 5. The largest absolute Gasteiger partial charge is 0.364 e. The van der Waals surface area contributed by atoms with Crippen LogP contribution in [0.15, 0.2) is 40.0 Å². The Morgan fingerprint density at radius 3 is 2.59 bits per heavy atom. The summed E-state index contributed by atoms with van der Waals surface area (Å²) in [6.45, 7) is 3.91. The number of sulfonamides is 1. The number of nitrogens with zero attached hydrogens (tertiary/aromatic N) is 4. The number of hydrogen-bond donors (Lipinski definition) is 1. The van der Waals surface area contributed by atoms with Gasteiger partial charge in [0.1, 0.15) is 17.8 Å². The second kappa shape index (κ2) is 10.3. The summed E-state index contributed by atoms with van der Waals surface area (Å²) in [5, 5.41) is 6.88. The van der Waals surface area contributed by atoms with Gasteiger partial charge in [-0.25, -0.2) is 12.8 Å². The fourth-order valence-electron chi connectivity index (χ4n) is 3.03. The van der Waals surface area contributed by atoms with Crippen molar-refractivity contribution in [2.75, 3.05) is 33.2 Å². The zero-order valence-corrected chi connectivity index (χ0v) is 19.5. The summed E-state index contributed by atoms with van der Waals surface area (Å²) in [4.78, 5) is 6.25. The summed E-state index contributed by atoms with van der Waals surface area (Å²) in [5.74, 6) is 0.255. The van der Waals surface area contributed by atoms with Crippen LogP contribution in [-0.2, 0) is 22.3 Å². The summed E-state index contributed by atoms with van der Waals surface area (Å²) in [5.41, 5.74) is 1.82. The first-order chi connectivity index (χ1) is 13.4. The molecule has 1 fully saturated rings. The molecule has 11 heteroatoms. The maximum atomic E-state index is 13.7. The molecular weight excluding hydrogens is 512 g/mol. The van der Waals surface area contributed by atoms with Gasteiger partial charge in [0.05, 0.1) is 5.69 Å². The predicted molar refractivity (Wildman–Crippen MR) is 119 cm³/mol. The van der Waals surface area contributed by atoms with E-state index in [0.29, 0.717) is 49.9 Å². The maximum absolute atomic E-state index is 13.7. The Bertz CT molecular complexity index is 929. The molecule has 1 N–H and O–H groups in total. The molecule has 2 heterocycles. The lowest BCUT2D eigenvalue weighted by Crippen LogP contribution is -2.53. The third kappa shape index (κ3) is 6.12. The highest BCUT2D eigenvalue weighted by molar-refractivity contribution is 14.0. The lowest BCUT2D eigenvalue weighted by Gasteiger charge is -2.35. The van der Waals surface area contributed by atoms with Crippen molar-refractivity contribution >= 4 is 40.0 Å². The minimum absolute atomic E-state index is 0. The lowest BCUT2D eigenvalue weighted by molar-refractivity contribution is 0.259. The minimum atomic E-state index is -3.44. The number of rotatable bonds is 5. The molecular formula is C18H25FIN5O3S. The highest BCUT2D eigenvalue weighted by Gasteiger charge is 2.28. The topological polar surface area (TPSA) is 91.0 Å². The van der Waals surface area contributed by atoms with Gasteiger partial charge < -0.3 is 14.7 Å². The van der Waals surface area contributed by atoms with Crippen molar-refractivity contribution in [1.29, 1.82) is 0 Å². The van der Waals surface area contributed by atoms with Crippen molar-refractivity contribution < 1.29 is 17.3 Å². The highest BCUT2D eigenvalue weighted by Crippen LogP contribution is 2.13. The van der Waals surface area contributed by atoms with Gasteiger partial charge in [-0.2, -0.15) is 4.31 Å².